The van der Waals surface area contributed by atoms with E-state index in [2.05, 4.69) is 52.6 Å². The van der Waals surface area contributed by atoms with Crippen molar-refractivity contribution in [1.82, 2.24) is 0 Å². The van der Waals surface area contributed by atoms with Crippen molar-refractivity contribution in [3.8, 4) is 0 Å². The zero-order chi connectivity index (χ0) is 13.1. The van der Waals surface area contributed by atoms with Gasteiger partial charge in [0.25, 0.3) is 0 Å². The van der Waals surface area contributed by atoms with Crippen LogP contribution in [-0.2, 0) is 0 Å². The Morgan fingerprint density at radius 1 is 1.22 bits per heavy atom. The van der Waals surface area contributed by atoms with Gasteiger partial charge in [-0.2, -0.15) is 0 Å². The molecular weight excluding hydrogens is 330 g/mol. The predicted octanol–water partition coefficient (Wildman–Crippen LogP) is 5.97. The highest BCUT2D eigenvalue weighted by Gasteiger charge is 2.18. The molecule has 0 amide bonds. The Bertz CT molecular complexity index is 511. The Morgan fingerprint density at radius 3 is 2.61 bits per heavy atom. The standard InChI is InChI=1S/C14H15BrClNS/c1-9(2)14(12-7-4-8-18-12)17-11-6-3-5-10(16)13(11)15/h3-9,14,17H,1-2H3. The zero-order valence-electron chi connectivity index (χ0n) is 10.3. The molecule has 0 aliphatic rings. The van der Waals surface area contributed by atoms with Crippen LogP contribution >= 0.6 is 38.9 Å². The first-order valence-electron chi connectivity index (χ1n) is 5.83. The van der Waals surface area contributed by atoms with Gasteiger partial charge in [0.1, 0.15) is 0 Å². The number of thiophene rings is 1. The van der Waals surface area contributed by atoms with Gasteiger partial charge in [-0.05, 0) is 45.4 Å². The van der Waals surface area contributed by atoms with Crippen molar-refractivity contribution >= 4 is 44.6 Å². The van der Waals surface area contributed by atoms with Crippen LogP contribution in [0.2, 0.25) is 5.02 Å². The lowest BCUT2D eigenvalue weighted by Gasteiger charge is -2.23. The van der Waals surface area contributed by atoms with Gasteiger partial charge in [0.05, 0.1) is 21.2 Å². The molecule has 96 valence electrons. The minimum atomic E-state index is 0.305. The molecule has 0 bridgehead atoms. The van der Waals surface area contributed by atoms with Crippen molar-refractivity contribution in [2.24, 2.45) is 5.92 Å². The fourth-order valence-electron chi connectivity index (χ4n) is 1.82. The van der Waals surface area contributed by atoms with E-state index in [9.17, 15) is 0 Å². The summed E-state index contributed by atoms with van der Waals surface area (Å²) in [5.41, 5.74) is 1.04. The average molecular weight is 345 g/mol. The summed E-state index contributed by atoms with van der Waals surface area (Å²) >= 11 is 11.4. The first-order chi connectivity index (χ1) is 8.59. The summed E-state index contributed by atoms with van der Waals surface area (Å²) in [6, 6.07) is 10.4. The van der Waals surface area contributed by atoms with Crippen LogP contribution in [0.4, 0.5) is 5.69 Å². The van der Waals surface area contributed by atoms with Crippen molar-refractivity contribution in [1.29, 1.82) is 0 Å². The molecule has 0 aliphatic heterocycles. The number of hydrogen-bond donors (Lipinski definition) is 1. The van der Waals surface area contributed by atoms with E-state index in [1.807, 2.05) is 18.2 Å². The first-order valence-corrected chi connectivity index (χ1v) is 7.88. The summed E-state index contributed by atoms with van der Waals surface area (Å²) < 4.78 is 0.925. The van der Waals surface area contributed by atoms with E-state index >= 15 is 0 Å². The van der Waals surface area contributed by atoms with Crippen LogP contribution in [0.15, 0.2) is 40.2 Å². The van der Waals surface area contributed by atoms with Gasteiger partial charge >= 0.3 is 0 Å². The van der Waals surface area contributed by atoms with Crippen molar-refractivity contribution in [3.63, 3.8) is 0 Å². The average Bonchev–Trinajstić information content (AvgIpc) is 2.84. The normalized spacial score (nSPS) is 12.7. The summed E-state index contributed by atoms with van der Waals surface area (Å²) in [7, 11) is 0. The molecule has 1 aromatic heterocycles. The third-order valence-corrected chi connectivity index (χ3v) is 5.13. The third kappa shape index (κ3) is 3.08. The number of anilines is 1. The largest absolute Gasteiger partial charge is 0.376 e. The highest BCUT2D eigenvalue weighted by atomic mass is 79.9. The molecule has 1 nitrogen and oxygen atoms in total. The molecule has 0 saturated carbocycles. The Morgan fingerprint density at radius 2 is 2.00 bits per heavy atom. The van der Waals surface area contributed by atoms with Crippen molar-refractivity contribution in [2.45, 2.75) is 19.9 Å². The molecule has 4 heteroatoms. The molecule has 0 radical (unpaired) electrons. The molecule has 0 fully saturated rings. The van der Waals surface area contributed by atoms with Crippen molar-refractivity contribution < 1.29 is 0 Å². The maximum atomic E-state index is 6.12. The number of halogens is 2. The van der Waals surface area contributed by atoms with Crippen molar-refractivity contribution in [3.05, 3.63) is 50.1 Å². The zero-order valence-corrected chi connectivity index (χ0v) is 13.4. The molecule has 1 atom stereocenters. The van der Waals surface area contributed by atoms with Gasteiger partial charge in [0.2, 0.25) is 0 Å². The molecule has 0 aliphatic carbocycles. The second-order valence-electron chi connectivity index (χ2n) is 4.48. The van der Waals surface area contributed by atoms with E-state index in [0.29, 0.717) is 12.0 Å². The quantitative estimate of drug-likeness (QED) is 0.720. The summed E-state index contributed by atoms with van der Waals surface area (Å²) in [5, 5.41) is 6.41. The highest BCUT2D eigenvalue weighted by Crippen LogP contribution is 2.35. The molecule has 2 aromatic rings. The third-order valence-electron chi connectivity index (χ3n) is 2.78. The van der Waals surface area contributed by atoms with Crippen LogP contribution in [0.5, 0.6) is 0 Å². The van der Waals surface area contributed by atoms with Gasteiger partial charge in [-0.15, -0.1) is 11.3 Å². The van der Waals surface area contributed by atoms with Crippen LogP contribution in [0.25, 0.3) is 0 Å². The van der Waals surface area contributed by atoms with Crippen molar-refractivity contribution in [2.75, 3.05) is 5.32 Å². The number of rotatable bonds is 4. The van der Waals surface area contributed by atoms with Gasteiger partial charge in [-0.3, -0.25) is 0 Å². The van der Waals surface area contributed by atoms with Gasteiger partial charge < -0.3 is 5.32 Å². The van der Waals surface area contributed by atoms with Gasteiger partial charge in [-0.25, -0.2) is 0 Å². The number of hydrogen-bond acceptors (Lipinski definition) is 2. The molecular formula is C14H15BrClNS. The predicted molar refractivity (Wildman–Crippen MR) is 84.7 cm³/mol. The Labute approximate surface area is 125 Å². The topological polar surface area (TPSA) is 12.0 Å². The number of benzene rings is 1. The smallest absolute Gasteiger partial charge is 0.0629 e. The van der Waals surface area contributed by atoms with Crippen LogP contribution in [0.3, 0.4) is 0 Å². The monoisotopic (exact) mass is 343 g/mol. The molecule has 0 spiro atoms. The van der Waals surface area contributed by atoms with Gasteiger partial charge in [-0.1, -0.05) is 37.6 Å². The lowest BCUT2D eigenvalue weighted by atomic mass is 10.0. The fourth-order valence-corrected chi connectivity index (χ4v) is 3.32. The van der Waals surface area contributed by atoms with Crippen LogP contribution < -0.4 is 5.32 Å². The summed E-state index contributed by atoms with van der Waals surface area (Å²) in [6.07, 6.45) is 0. The Balaban J connectivity index is 2.27. The molecule has 2 rings (SSSR count). The molecule has 1 N–H and O–H groups in total. The van der Waals surface area contributed by atoms with Gasteiger partial charge in [0, 0.05) is 4.88 Å². The van der Waals surface area contributed by atoms with Crippen LogP contribution in [0.1, 0.15) is 24.8 Å². The van der Waals surface area contributed by atoms with E-state index in [1.54, 1.807) is 11.3 Å². The molecule has 0 saturated heterocycles. The molecule has 1 unspecified atom stereocenters. The second-order valence-corrected chi connectivity index (χ2v) is 6.66. The highest BCUT2D eigenvalue weighted by molar-refractivity contribution is 9.10. The minimum absolute atomic E-state index is 0.305. The molecule has 1 aromatic carbocycles. The second kappa shape index (κ2) is 6.09. The van der Waals surface area contributed by atoms with E-state index < -0.39 is 0 Å². The maximum absolute atomic E-state index is 6.12. The molecule has 18 heavy (non-hydrogen) atoms. The van der Waals surface area contributed by atoms with E-state index in [0.717, 1.165) is 15.2 Å². The van der Waals surface area contributed by atoms with E-state index in [1.165, 1.54) is 4.88 Å². The minimum Gasteiger partial charge on any atom is -0.376 e. The van der Waals surface area contributed by atoms with Crippen LogP contribution in [0, 0.1) is 5.92 Å². The SMILES string of the molecule is CC(C)C(Nc1cccc(Cl)c1Br)c1cccs1. The summed E-state index contributed by atoms with van der Waals surface area (Å²) in [5.74, 6) is 0.509. The molecule has 1 heterocycles. The lowest BCUT2D eigenvalue weighted by Crippen LogP contribution is -2.15. The summed E-state index contributed by atoms with van der Waals surface area (Å²) in [6.45, 7) is 4.44. The number of nitrogens with one attached hydrogen (secondary N) is 1. The fraction of sp³-hybridized carbons (Fsp3) is 0.286. The van der Waals surface area contributed by atoms with Gasteiger partial charge in [0.15, 0.2) is 0 Å². The first kappa shape index (κ1) is 13.9. The lowest BCUT2D eigenvalue weighted by molar-refractivity contribution is 0.553. The Hall–Kier alpha value is -0.510. The van der Waals surface area contributed by atoms with Crippen LogP contribution in [-0.4, -0.2) is 0 Å². The summed E-state index contributed by atoms with van der Waals surface area (Å²) in [4.78, 5) is 1.34. The maximum Gasteiger partial charge on any atom is 0.0629 e. The van der Waals surface area contributed by atoms with E-state index in [-0.39, 0.29) is 0 Å². The Kier molecular flexibility index (Phi) is 4.71. The van der Waals surface area contributed by atoms with E-state index in [4.69, 9.17) is 11.6 Å².